The molecule has 174 valence electrons. The average Bonchev–Trinajstić information content (AvgIpc) is 3.37. The maximum atomic E-state index is 6.61. The first-order valence-electron chi connectivity index (χ1n) is 12.2. The number of aromatic nitrogens is 3. The first kappa shape index (κ1) is 21.2. The molecule has 0 saturated heterocycles. The Morgan fingerprint density at radius 1 is 0.351 bits per heavy atom. The summed E-state index contributed by atoms with van der Waals surface area (Å²) in [6.45, 7) is 0. The predicted molar refractivity (Wildman–Crippen MR) is 149 cm³/mol. The molecule has 0 spiro atoms. The third-order valence-corrected chi connectivity index (χ3v) is 6.55. The molecular weight excluding hydrogens is 454 g/mol. The standard InChI is InChI=1S/C33H21N3O/c1-4-12-22(13-5-1)25-18-10-19-26-27-20-11-21-28(30(27)37-29(25)26)33-35-31(23-14-6-2-7-15-23)34-32(36-33)24-16-8-3-9-17-24/h1-21H. The summed E-state index contributed by atoms with van der Waals surface area (Å²) in [7, 11) is 0. The van der Waals surface area contributed by atoms with Crippen molar-refractivity contribution in [2.45, 2.75) is 0 Å². The number of rotatable bonds is 4. The van der Waals surface area contributed by atoms with Crippen LogP contribution < -0.4 is 0 Å². The van der Waals surface area contributed by atoms with E-state index in [0.717, 1.165) is 49.8 Å². The van der Waals surface area contributed by atoms with Gasteiger partial charge in [0, 0.05) is 27.5 Å². The summed E-state index contributed by atoms with van der Waals surface area (Å²) in [6.07, 6.45) is 0. The lowest BCUT2D eigenvalue weighted by Gasteiger charge is -2.08. The number of para-hydroxylation sites is 2. The molecule has 0 amide bonds. The van der Waals surface area contributed by atoms with Gasteiger partial charge in [0.05, 0.1) is 5.56 Å². The molecule has 0 aliphatic carbocycles. The Morgan fingerprint density at radius 3 is 1.32 bits per heavy atom. The van der Waals surface area contributed by atoms with E-state index in [1.54, 1.807) is 0 Å². The quantitative estimate of drug-likeness (QED) is 0.256. The molecule has 0 aliphatic heterocycles. The van der Waals surface area contributed by atoms with Gasteiger partial charge in [-0.15, -0.1) is 0 Å². The van der Waals surface area contributed by atoms with Crippen molar-refractivity contribution < 1.29 is 4.42 Å². The molecule has 2 heterocycles. The van der Waals surface area contributed by atoms with Gasteiger partial charge in [0.25, 0.3) is 0 Å². The Bertz CT molecular complexity index is 1800. The lowest BCUT2D eigenvalue weighted by molar-refractivity contribution is 0.670. The predicted octanol–water partition coefficient (Wildman–Crippen LogP) is 8.44. The molecule has 37 heavy (non-hydrogen) atoms. The van der Waals surface area contributed by atoms with Crippen molar-refractivity contribution in [3.8, 4) is 45.3 Å². The second-order valence-corrected chi connectivity index (χ2v) is 8.87. The van der Waals surface area contributed by atoms with Crippen LogP contribution in [-0.4, -0.2) is 15.0 Å². The highest BCUT2D eigenvalue weighted by atomic mass is 16.3. The number of fused-ring (bicyclic) bond motifs is 3. The number of hydrogen-bond acceptors (Lipinski definition) is 4. The Hall–Kier alpha value is -5.09. The number of hydrogen-bond donors (Lipinski definition) is 0. The van der Waals surface area contributed by atoms with Gasteiger partial charge in [0.15, 0.2) is 17.5 Å². The molecule has 0 unspecified atom stereocenters. The van der Waals surface area contributed by atoms with Crippen LogP contribution in [0.1, 0.15) is 0 Å². The first-order valence-corrected chi connectivity index (χ1v) is 12.2. The van der Waals surface area contributed by atoms with E-state index < -0.39 is 0 Å². The Balaban J connectivity index is 1.49. The Labute approximate surface area is 213 Å². The van der Waals surface area contributed by atoms with Crippen LogP contribution in [-0.2, 0) is 0 Å². The maximum absolute atomic E-state index is 6.61. The molecule has 0 saturated carbocycles. The largest absolute Gasteiger partial charge is 0.455 e. The minimum absolute atomic E-state index is 0.582. The van der Waals surface area contributed by atoms with E-state index in [0.29, 0.717) is 17.5 Å². The highest BCUT2D eigenvalue weighted by Gasteiger charge is 2.19. The second-order valence-electron chi connectivity index (χ2n) is 8.87. The minimum Gasteiger partial charge on any atom is -0.455 e. The fourth-order valence-electron chi connectivity index (χ4n) is 4.77. The zero-order valence-electron chi connectivity index (χ0n) is 19.9. The van der Waals surface area contributed by atoms with Crippen molar-refractivity contribution in [3.63, 3.8) is 0 Å². The minimum atomic E-state index is 0.582. The molecule has 0 radical (unpaired) electrons. The van der Waals surface area contributed by atoms with E-state index >= 15 is 0 Å². The van der Waals surface area contributed by atoms with E-state index in [4.69, 9.17) is 19.4 Å². The molecule has 0 fully saturated rings. The molecule has 5 aromatic carbocycles. The molecule has 2 aromatic heterocycles. The average molecular weight is 476 g/mol. The molecule has 0 bridgehead atoms. The van der Waals surface area contributed by atoms with Gasteiger partial charge < -0.3 is 4.42 Å². The van der Waals surface area contributed by atoms with Crippen LogP contribution in [0.25, 0.3) is 67.2 Å². The number of nitrogens with zero attached hydrogens (tertiary/aromatic N) is 3. The molecular formula is C33H21N3O. The van der Waals surface area contributed by atoms with Crippen molar-refractivity contribution in [1.29, 1.82) is 0 Å². The third-order valence-electron chi connectivity index (χ3n) is 6.55. The zero-order valence-corrected chi connectivity index (χ0v) is 19.9. The van der Waals surface area contributed by atoms with Gasteiger partial charge in [-0.1, -0.05) is 121 Å². The smallest absolute Gasteiger partial charge is 0.167 e. The van der Waals surface area contributed by atoms with Crippen LogP contribution in [0, 0.1) is 0 Å². The van der Waals surface area contributed by atoms with Crippen LogP contribution in [0.15, 0.2) is 132 Å². The molecule has 7 aromatic rings. The van der Waals surface area contributed by atoms with Crippen molar-refractivity contribution in [1.82, 2.24) is 15.0 Å². The van der Waals surface area contributed by atoms with Crippen molar-refractivity contribution in [2.75, 3.05) is 0 Å². The van der Waals surface area contributed by atoms with E-state index in [-0.39, 0.29) is 0 Å². The summed E-state index contributed by atoms with van der Waals surface area (Å²) in [5, 5.41) is 2.10. The lowest BCUT2D eigenvalue weighted by Crippen LogP contribution is -2.00. The fraction of sp³-hybridized carbons (Fsp3) is 0. The summed E-state index contributed by atoms with van der Waals surface area (Å²) in [5.41, 5.74) is 6.52. The van der Waals surface area contributed by atoms with Gasteiger partial charge in [0.2, 0.25) is 0 Å². The summed E-state index contributed by atoms with van der Waals surface area (Å²) in [4.78, 5) is 14.7. The number of benzene rings is 5. The monoisotopic (exact) mass is 475 g/mol. The molecule has 7 rings (SSSR count). The van der Waals surface area contributed by atoms with Gasteiger partial charge in [-0.25, -0.2) is 15.0 Å². The summed E-state index contributed by atoms with van der Waals surface area (Å²) >= 11 is 0. The van der Waals surface area contributed by atoms with Gasteiger partial charge in [-0.3, -0.25) is 0 Å². The van der Waals surface area contributed by atoms with E-state index in [2.05, 4.69) is 36.4 Å². The van der Waals surface area contributed by atoms with Crippen LogP contribution in [0.5, 0.6) is 0 Å². The summed E-state index contributed by atoms with van der Waals surface area (Å²) in [6, 6.07) is 42.8. The van der Waals surface area contributed by atoms with Crippen LogP contribution in [0.2, 0.25) is 0 Å². The fourth-order valence-corrected chi connectivity index (χ4v) is 4.77. The van der Waals surface area contributed by atoms with Crippen molar-refractivity contribution in [3.05, 3.63) is 127 Å². The van der Waals surface area contributed by atoms with Gasteiger partial charge >= 0.3 is 0 Å². The van der Waals surface area contributed by atoms with Crippen LogP contribution in [0.4, 0.5) is 0 Å². The van der Waals surface area contributed by atoms with Gasteiger partial charge in [-0.2, -0.15) is 0 Å². The molecule has 0 N–H and O–H groups in total. The van der Waals surface area contributed by atoms with Gasteiger partial charge in [0.1, 0.15) is 11.2 Å². The van der Waals surface area contributed by atoms with Crippen LogP contribution in [0.3, 0.4) is 0 Å². The van der Waals surface area contributed by atoms with Crippen molar-refractivity contribution in [2.24, 2.45) is 0 Å². The maximum Gasteiger partial charge on any atom is 0.167 e. The van der Waals surface area contributed by atoms with Crippen LogP contribution >= 0.6 is 0 Å². The molecule has 4 nitrogen and oxygen atoms in total. The Morgan fingerprint density at radius 2 is 0.784 bits per heavy atom. The van der Waals surface area contributed by atoms with Gasteiger partial charge in [-0.05, 0) is 11.6 Å². The Kier molecular flexibility index (Phi) is 5.07. The molecule has 0 aliphatic rings. The highest BCUT2D eigenvalue weighted by molar-refractivity contribution is 6.12. The molecule has 0 atom stereocenters. The second kappa shape index (κ2) is 8.85. The first-order chi connectivity index (χ1) is 18.3. The zero-order chi connectivity index (χ0) is 24.6. The van der Waals surface area contributed by atoms with E-state index in [1.807, 2.05) is 91.0 Å². The highest BCUT2D eigenvalue weighted by Crippen LogP contribution is 2.39. The van der Waals surface area contributed by atoms with E-state index in [1.165, 1.54) is 0 Å². The normalized spacial score (nSPS) is 11.2. The summed E-state index contributed by atoms with van der Waals surface area (Å²) < 4.78 is 6.61. The SMILES string of the molecule is c1ccc(-c2nc(-c3ccccc3)nc(-c3cccc4c3oc3c(-c5ccccc5)cccc34)n2)cc1. The van der Waals surface area contributed by atoms with E-state index in [9.17, 15) is 0 Å². The molecule has 4 heteroatoms. The van der Waals surface area contributed by atoms with Crippen molar-refractivity contribution >= 4 is 21.9 Å². The third kappa shape index (κ3) is 3.76. The lowest BCUT2D eigenvalue weighted by atomic mass is 10.0. The summed E-state index contributed by atoms with van der Waals surface area (Å²) in [5.74, 6) is 1.84. The topological polar surface area (TPSA) is 51.8 Å². The number of furan rings is 1.